The first-order chi connectivity index (χ1) is 12.1. The highest BCUT2D eigenvalue weighted by molar-refractivity contribution is 6.07. The van der Waals surface area contributed by atoms with E-state index in [1.54, 1.807) is 30.3 Å². The predicted octanol–water partition coefficient (Wildman–Crippen LogP) is 3.62. The molecule has 0 heterocycles. The van der Waals surface area contributed by atoms with Gasteiger partial charge in [-0.1, -0.05) is 43.7 Å². The lowest BCUT2D eigenvalue weighted by Gasteiger charge is -2.09. The van der Waals surface area contributed by atoms with Gasteiger partial charge in [0.2, 0.25) is 5.91 Å². The van der Waals surface area contributed by atoms with Crippen LogP contribution < -0.4 is 15.8 Å². The smallest absolute Gasteiger partial charge is 0.250 e. The van der Waals surface area contributed by atoms with Crippen LogP contribution in [0.3, 0.4) is 0 Å². The van der Waals surface area contributed by atoms with E-state index in [9.17, 15) is 9.59 Å². The molecular weight excluding hydrogens is 316 g/mol. The monoisotopic (exact) mass is 338 g/mol. The molecule has 130 valence electrons. The molecule has 2 amide bonds. The number of anilines is 1. The number of ether oxygens (including phenoxy) is 1. The third-order valence-corrected chi connectivity index (χ3v) is 3.54. The summed E-state index contributed by atoms with van der Waals surface area (Å²) in [6, 6.07) is 14.1. The van der Waals surface area contributed by atoms with E-state index in [-0.39, 0.29) is 11.5 Å². The van der Waals surface area contributed by atoms with Gasteiger partial charge in [-0.2, -0.15) is 0 Å². The van der Waals surface area contributed by atoms with Crippen molar-refractivity contribution in [3.8, 4) is 5.75 Å². The molecule has 0 atom stereocenters. The Morgan fingerprint density at radius 3 is 2.60 bits per heavy atom. The highest BCUT2D eigenvalue weighted by Crippen LogP contribution is 2.20. The van der Waals surface area contributed by atoms with Gasteiger partial charge in [0.1, 0.15) is 5.75 Å². The lowest BCUT2D eigenvalue weighted by Crippen LogP contribution is -2.16. The number of unbranched alkanes of at least 4 members (excludes halogenated alkanes) is 1. The fourth-order valence-corrected chi connectivity index (χ4v) is 2.22. The second-order valence-electron chi connectivity index (χ2n) is 5.47. The molecule has 0 aliphatic carbocycles. The van der Waals surface area contributed by atoms with Gasteiger partial charge in [0.05, 0.1) is 17.9 Å². The van der Waals surface area contributed by atoms with E-state index in [4.69, 9.17) is 10.5 Å². The van der Waals surface area contributed by atoms with Crippen molar-refractivity contribution in [2.75, 3.05) is 11.9 Å². The van der Waals surface area contributed by atoms with Crippen LogP contribution in [0.4, 0.5) is 5.69 Å². The summed E-state index contributed by atoms with van der Waals surface area (Å²) in [5, 5.41) is 2.67. The number of nitrogens with one attached hydrogen (secondary N) is 1. The normalized spacial score (nSPS) is 10.6. The van der Waals surface area contributed by atoms with Crippen LogP contribution in [0.1, 0.15) is 35.7 Å². The first-order valence-electron chi connectivity index (χ1n) is 8.21. The SMILES string of the molecule is CCCCOc1ccccc1/C=C/C(=O)Nc1ccccc1C(N)=O. The summed E-state index contributed by atoms with van der Waals surface area (Å²) in [6.45, 7) is 2.74. The van der Waals surface area contributed by atoms with Gasteiger partial charge in [0.25, 0.3) is 5.91 Å². The van der Waals surface area contributed by atoms with Crippen molar-refractivity contribution in [1.29, 1.82) is 0 Å². The molecular formula is C20H22N2O3. The lowest BCUT2D eigenvalue weighted by molar-refractivity contribution is -0.111. The molecule has 5 heteroatoms. The molecule has 0 aromatic heterocycles. The minimum absolute atomic E-state index is 0.271. The number of benzene rings is 2. The third-order valence-electron chi connectivity index (χ3n) is 3.54. The number of hydrogen-bond donors (Lipinski definition) is 2. The van der Waals surface area contributed by atoms with Crippen molar-refractivity contribution in [3.05, 3.63) is 65.7 Å². The summed E-state index contributed by atoms with van der Waals surface area (Å²) in [6.07, 6.45) is 5.12. The lowest BCUT2D eigenvalue weighted by atomic mass is 10.1. The van der Waals surface area contributed by atoms with Crippen LogP contribution in [-0.2, 0) is 4.79 Å². The van der Waals surface area contributed by atoms with E-state index in [2.05, 4.69) is 12.2 Å². The number of nitrogens with two attached hydrogens (primary N) is 1. The van der Waals surface area contributed by atoms with Gasteiger partial charge in [-0.25, -0.2) is 0 Å². The summed E-state index contributed by atoms with van der Waals surface area (Å²) in [5.41, 5.74) is 6.78. The van der Waals surface area contributed by atoms with E-state index >= 15 is 0 Å². The number of hydrogen-bond acceptors (Lipinski definition) is 3. The van der Waals surface area contributed by atoms with Crippen LogP contribution in [0.2, 0.25) is 0 Å². The first-order valence-corrected chi connectivity index (χ1v) is 8.21. The molecule has 0 radical (unpaired) electrons. The molecule has 0 unspecified atom stereocenters. The van der Waals surface area contributed by atoms with Crippen LogP contribution in [0, 0.1) is 0 Å². The van der Waals surface area contributed by atoms with Crippen LogP contribution in [0.15, 0.2) is 54.6 Å². The summed E-state index contributed by atoms with van der Waals surface area (Å²) < 4.78 is 5.73. The van der Waals surface area contributed by atoms with Crippen LogP contribution in [-0.4, -0.2) is 18.4 Å². The van der Waals surface area contributed by atoms with Gasteiger partial charge >= 0.3 is 0 Å². The summed E-state index contributed by atoms with van der Waals surface area (Å²) >= 11 is 0. The second kappa shape index (κ2) is 9.27. The van der Waals surface area contributed by atoms with Gasteiger partial charge in [-0.05, 0) is 30.7 Å². The van der Waals surface area contributed by atoms with Gasteiger partial charge in [-0.15, -0.1) is 0 Å². The molecule has 0 aliphatic rings. The third kappa shape index (κ3) is 5.49. The maximum absolute atomic E-state index is 12.1. The minimum atomic E-state index is -0.588. The topological polar surface area (TPSA) is 81.4 Å². The highest BCUT2D eigenvalue weighted by Gasteiger charge is 2.08. The Hall–Kier alpha value is -3.08. The number of carbonyl (C=O) groups is 2. The fourth-order valence-electron chi connectivity index (χ4n) is 2.22. The van der Waals surface area contributed by atoms with Gasteiger partial charge in [0, 0.05) is 11.6 Å². The minimum Gasteiger partial charge on any atom is -0.493 e. The van der Waals surface area contributed by atoms with Crippen molar-refractivity contribution in [2.45, 2.75) is 19.8 Å². The van der Waals surface area contributed by atoms with E-state index in [0.29, 0.717) is 12.3 Å². The predicted molar refractivity (Wildman–Crippen MR) is 99.5 cm³/mol. The van der Waals surface area contributed by atoms with Gasteiger partial charge in [-0.3, -0.25) is 9.59 Å². The molecule has 0 saturated heterocycles. The molecule has 2 aromatic carbocycles. The van der Waals surface area contributed by atoms with Crippen molar-refractivity contribution < 1.29 is 14.3 Å². The zero-order valence-corrected chi connectivity index (χ0v) is 14.2. The maximum atomic E-state index is 12.1. The molecule has 0 saturated carbocycles. The Morgan fingerprint density at radius 2 is 1.84 bits per heavy atom. The Kier molecular flexibility index (Phi) is 6.77. The van der Waals surface area contributed by atoms with E-state index in [1.165, 1.54) is 6.08 Å². The van der Waals surface area contributed by atoms with Crippen molar-refractivity contribution in [1.82, 2.24) is 0 Å². The Bertz CT molecular complexity index is 769. The zero-order valence-electron chi connectivity index (χ0n) is 14.2. The molecule has 2 rings (SSSR count). The van der Waals surface area contributed by atoms with Gasteiger partial charge in [0.15, 0.2) is 0 Å². The fraction of sp³-hybridized carbons (Fsp3) is 0.200. The van der Waals surface area contributed by atoms with Crippen molar-refractivity contribution >= 4 is 23.6 Å². The standard InChI is InChI=1S/C20H22N2O3/c1-2-3-14-25-18-11-7-4-8-15(18)12-13-19(23)22-17-10-6-5-9-16(17)20(21)24/h4-13H,2-3,14H2,1H3,(H2,21,24)(H,22,23)/b13-12+. The molecule has 0 bridgehead atoms. The maximum Gasteiger partial charge on any atom is 0.250 e. The van der Waals surface area contributed by atoms with Crippen LogP contribution in [0.5, 0.6) is 5.75 Å². The average molecular weight is 338 g/mol. The second-order valence-corrected chi connectivity index (χ2v) is 5.47. The average Bonchev–Trinajstić information content (AvgIpc) is 2.61. The van der Waals surface area contributed by atoms with E-state index < -0.39 is 5.91 Å². The number of carbonyl (C=O) groups excluding carboxylic acids is 2. The first kappa shape index (κ1) is 18.3. The summed E-state index contributed by atoms with van der Waals surface area (Å²) in [4.78, 5) is 23.5. The Balaban J connectivity index is 2.07. The molecule has 0 aliphatic heterocycles. The molecule has 2 aromatic rings. The largest absolute Gasteiger partial charge is 0.493 e. The number of rotatable bonds is 8. The Labute approximate surface area is 147 Å². The zero-order chi connectivity index (χ0) is 18.1. The van der Waals surface area contributed by atoms with Crippen LogP contribution >= 0.6 is 0 Å². The molecule has 0 fully saturated rings. The number of primary amides is 1. The Morgan fingerprint density at radius 1 is 1.12 bits per heavy atom. The number of amides is 2. The summed E-state index contributed by atoms with van der Waals surface area (Å²) in [7, 11) is 0. The molecule has 25 heavy (non-hydrogen) atoms. The quantitative estimate of drug-likeness (QED) is 0.570. The van der Waals surface area contributed by atoms with Gasteiger partial charge < -0.3 is 15.8 Å². The molecule has 0 spiro atoms. The van der Waals surface area contributed by atoms with Crippen molar-refractivity contribution in [2.24, 2.45) is 5.73 Å². The van der Waals surface area contributed by atoms with Crippen molar-refractivity contribution in [3.63, 3.8) is 0 Å². The molecule has 3 N–H and O–H groups in total. The van der Waals surface area contributed by atoms with Crippen LogP contribution in [0.25, 0.3) is 6.08 Å². The van der Waals surface area contributed by atoms with E-state index in [0.717, 1.165) is 24.2 Å². The highest BCUT2D eigenvalue weighted by atomic mass is 16.5. The molecule has 5 nitrogen and oxygen atoms in total. The van der Waals surface area contributed by atoms with E-state index in [1.807, 2.05) is 24.3 Å². The summed E-state index contributed by atoms with van der Waals surface area (Å²) in [5.74, 6) is -0.204. The number of para-hydroxylation sites is 2.